The first-order chi connectivity index (χ1) is 7.48. The molecule has 3 N–H and O–H groups in total. The van der Waals surface area contributed by atoms with Crippen LogP contribution in [0.2, 0.25) is 0 Å². The number of nitrogens with two attached hydrogens (primary N) is 1. The normalized spacial score (nSPS) is 30.5. The van der Waals surface area contributed by atoms with E-state index < -0.39 is 10.0 Å². The average Bonchev–Trinajstić information content (AvgIpc) is 2.86. The highest BCUT2D eigenvalue weighted by Crippen LogP contribution is 2.38. The highest BCUT2D eigenvalue weighted by molar-refractivity contribution is 7.92. The van der Waals surface area contributed by atoms with Gasteiger partial charge in [0.25, 0.3) is 0 Å². The van der Waals surface area contributed by atoms with Crippen LogP contribution in [0.15, 0.2) is 0 Å². The van der Waals surface area contributed by atoms with Crippen molar-refractivity contribution in [2.75, 3.05) is 12.4 Å². The van der Waals surface area contributed by atoms with Crippen molar-refractivity contribution >= 4 is 27.2 Å². The summed E-state index contributed by atoms with van der Waals surface area (Å²) in [5, 5.41) is 0. The van der Waals surface area contributed by atoms with Gasteiger partial charge in [0.15, 0.2) is 0 Å². The van der Waals surface area contributed by atoms with Gasteiger partial charge in [-0.3, -0.25) is 0 Å². The van der Waals surface area contributed by atoms with Gasteiger partial charge in [0.2, 0.25) is 10.0 Å². The van der Waals surface area contributed by atoms with Gasteiger partial charge < -0.3 is 10.5 Å². The van der Waals surface area contributed by atoms with Crippen LogP contribution in [0.3, 0.4) is 0 Å². The Morgan fingerprint density at radius 3 is 2.69 bits per heavy atom. The fourth-order valence-corrected chi connectivity index (χ4v) is 3.72. The third-order valence-electron chi connectivity index (χ3n) is 2.89. The Morgan fingerprint density at radius 1 is 1.44 bits per heavy atom. The molecule has 92 valence electrons. The van der Waals surface area contributed by atoms with Crippen molar-refractivity contribution in [2.45, 2.75) is 31.4 Å². The molecule has 2 aliphatic rings. The molecule has 1 heterocycles. The minimum atomic E-state index is -3.40. The minimum absolute atomic E-state index is 0.00520. The van der Waals surface area contributed by atoms with Gasteiger partial charge in [0.1, 0.15) is 5.75 Å². The molecular formula is C9H16N2O3S2. The number of thiocarbonyl (C=S) groups is 1. The first kappa shape index (κ1) is 12.2. The number of hydrogen-bond acceptors (Lipinski definition) is 4. The van der Waals surface area contributed by atoms with Crippen LogP contribution in [0.5, 0.6) is 0 Å². The quantitative estimate of drug-likeness (QED) is 0.670. The van der Waals surface area contributed by atoms with Crippen LogP contribution in [0.1, 0.15) is 19.3 Å². The van der Waals surface area contributed by atoms with Crippen LogP contribution in [0.25, 0.3) is 0 Å². The Hall–Kier alpha value is -0.240. The molecule has 0 aromatic rings. The Morgan fingerprint density at radius 2 is 2.12 bits per heavy atom. The molecule has 2 unspecified atom stereocenters. The van der Waals surface area contributed by atoms with Crippen molar-refractivity contribution in [1.82, 2.24) is 4.72 Å². The van der Waals surface area contributed by atoms with E-state index in [0.29, 0.717) is 12.5 Å². The van der Waals surface area contributed by atoms with Crippen LogP contribution in [0, 0.1) is 5.92 Å². The van der Waals surface area contributed by atoms with Crippen molar-refractivity contribution in [3.8, 4) is 0 Å². The Kier molecular flexibility index (Phi) is 3.48. The van der Waals surface area contributed by atoms with E-state index in [1.165, 1.54) is 0 Å². The molecule has 2 fully saturated rings. The second-order valence-electron chi connectivity index (χ2n) is 4.41. The number of rotatable bonds is 5. The van der Waals surface area contributed by atoms with Crippen LogP contribution in [0.4, 0.5) is 0 Å². The summed E-state index contributed by atoms with van der Waals surface area (Å²) >= 11 is 4.61. The molecule has 1 aliphatic carbocycles. The van der Waals surface area contributed by atoms with E-state index >= 15 is 0 Å². The van der Waals surface area contributed by atoms with Gasteiger partial charge in [-0.25, -0.2) is 13.1 Å². The fourth-order valence-electron chi connectivity index (χ4n) is 2.09. The number of sulfonamides is 1. The van der Waals surface area contributed by atoms with Crippen LogP contribution in [-0.2, 0) is 14.8 Å². The molecule has 5 nitrogen and oxygen atoms in total. The Labute approximate surface area is 101 Å². The summed E-state index contributed by atoms with van der Waals surface area (Å²) < 4.78 is 31.5. The van der Waals surface area contributed by atoms with E-state index in [9.17, 15) is 8.42 Å². The molecule has 0 aromatic carbocycles. The topological polar surface area (TPSA) is 81.4 Å². The molecule has 7 heteroatoms. The van der Waals surface area contributed by atoms with E-state index in [0.717, 1.165) is 19.3 Å². The zero-order chi connectivity index (χ0) is 11.8. The van der Waals surface area contributed by atoms with Crippen LogP contribution in [-0.4, -0.2) is 37.9 Å². The lowest BCUT2D eigenvalue weighted by molar-refractivity contribution is 0.0848. The molecular weight excluding hydrogens is 248 g/mol. The highest BCUT2D eigenvalue weighted by atomic mass is 32.2. The summed E-state index contributed by atoms with van der Waals surface area (Å²) in [5.74, 6) is 0.246. The lowest BCUT2D eigenvalue weighted by atomic mass is 10.1. The van der Waals surface area contributed by atoms with Crippen molar-refractivity contribution in [3.63, 3.8) is 0 Å². The lowest BCUT2D eigenvalue weighted by Gasteiger charge is -2.19. The molecule has 1 aliphatic heterocycles. The summed E-state index contributed by atoms with van der Waals surface area (Å²) in [5.41, 5.74) is 5.24. The summed E-state index contributed by atoms with van der Waals surface area (Å²) in [4.78, 5) is -0.00520. The van der Waals surface area contributed by atoms with Crippen LogP contribution >= 0.6 is 12.2 Å². The number of hydrogen-bond donors (Lipinski definition) is 2. The highest BCUT2D eigenvalue weighted by Gasteiger charge is 2.41. The van der Waals surface area contributed by atoms with Gasteiger partial charge >= 0.3 is 0 Å². The maximum atomic E-state index is 11.7. The molecule has 1 saturated heterocycles. The van der Waals surface area contributed by atoms with Gasteiger partial charge in [-0.2, -0.15) is 0 Å². The Bertz CT molecular complexity index is 378. The zero-order valence-corrected chi connectivity index (χ0v) is 10.5. The monoisotopic (exact) mass is 264 g/mol. The van der Waals surface area contributed by atoms with E-state index in [2.05, 4.69) is 16.9 Å². The van der Waals surface area contributed by atoms with E-state index in [1.54, 1.807) is 0 Å². The number of nitrogens with one attached hydrogen (secondary N) is 1. The summed E-state index contributed by atoms with van der Waals surface area (Å²) in [7, 11) is -3.40. The second kappa shape index (κ2) is 4.56. The largest absolute Gasteiger partial charge is 0.392 e. The number of ether oxygens (including phenoxy) is 1. The first-order valence-corrected chi connectivity index (χ1v) is 7.44. The standard InChI is InChI=1S/C9H16N2O3S2/c10-8(15)5-16(12,13)11-7-3-4-14-9(7)6-1-2-6/h6-7,9,11H,1-5H2,(H2,10,15). The molecule has 0 spiro atoms. The SMILES string of the molecule is NC(=S)CS(=O)(=O)NC1CCOC1C1CC1. The Balaban J connectivity index is 1.95. The van der Waals surface area contributed by atoms with Gasteiger partial charge in [-0.15, -0.1) is 0 Å². The molecule has 0 bridgehead atoms. The van der Waals surface area contributed by atoms with Crippen LogP contribution < -0.4 is 10.5 Å². The van der Waals surface area contributed by atoms with Gasteiger partial charge in [-0.1, -0.05) is 12.2 Å². The fraction of sp³-hybridized carbons (Fsp3) is 0.889. The first-order valence-electron chi connectivity index (χ1n) is 5.38. The van der Waals surface area contributed by atoms with Crippen molar-refractivity contribution in [3.05, 3.63) is 0 Å². The maximum absolute atomic E-state index is 11.7. The molecule has 0 radical (unpaired) electrons. The molecule has 1 saturated carbocycles. The summed E-state index contributed by atoms with van der Waals surface area (Å²) in [6.45, 7) is 0.626. The minimum Gasteiger partial charge on any atom is -0.392 e. The summed E-state index contributed by atoms with van der Waals surface area (Å²) in [6, 6.07) is -0.105. The van der Waals surface area contributed by atoms with Crippen molar-refractivity contribution in [1.29, 1.82) is 0 Å². The van der Waals surface area contributed by atoms with E-state index in [1.807, 2.05) is 0 Å². The molecule has 2 atom stereocenters. The smallest absolute Gasteiger partial charge is 0.218 e. The van der Waals surface area contributed by atoms with Crippen molar-refractivity contribution < 1.29 is 13.2 Å². The average molecular weight is 264 g/mol. The third-order valence-corrected chi connectivity index (χ3v) is 4.57. The maximum Gasteiger partial charge on any atom is 0.218 e. The lowest BCUT2D eigenvalue weighted by Crippen LogP contribution is -2.44. The molecule has 16 heavy (non-hydrogen) atoms. The second-order valence-corrected chi connectivity index (χ2v) is 6.69. The van der Waals surface area contributed by atoms with E-state index in [4.69, 9.17) is 10.5 Å². The van der Waals surface area contributed by atoms with Gasteiger partial charge in [-0.05, 0) is 25.2 Å². The predicted molar refractivity (Wildman–Crippen MR) is 64.6 cm³/mol. The summed E-state index contributed by atoms with van der Waals surface area (Å²) in [6.07, 6.45) is 3.05. The zero-order valence-electron chi connectivity index (χ0n) is 8.89. The van der Waals surface area contributed by atoms with E-state index in [-0.39, 0.29) is 22.9 Å². The molecule has 0 amide bonds. The molecule has 0 aromatic heterocycles. The third kappa shape index (κ3) is 3.13. The van der Waals surface area contributed by atoms with Gasteiger partial charge in [0.05, 0.1) is 17.1 Å². The van der Waals surface area contributed by atoms with Crippen molar-refractivity contribution in [2.24, 2.45) is 11.7 Å². The predicted octanol–water partition coefficient (Wildman–Crippen LogP) is -0.241. The van der Waals surface area contributed by atoms with Gasteiger partial charge in [0, 0.05) is 6.61 Å². The molecule has 2 rings (SSSR count).